The molecule has 0 atom stereocenters. The summed E-state index contributed by atoms with van der Waals surface area (Å²) in [6.45, 7) is 0.580. The molecular weight excluding hydrogens is 338 g/mol. The number of hydrogen-bond donors (Lipinski definition) is 1. The highest BCUT2D eigenvalue weighted by Crippen LogP contribution is 2.25. The van der Waals surface area contributed by atoms with Crippen molar-refractivity contribution in [3.63, 3.8) is 0 Å². The van der Waals surface area contributed by atoms with Crippen LogP contribution in [0.3, 0.4) is 0 Å². The summed E-state index contributed by atoms with van der Waals surface area (Å²) < 4.78 is 1.97. The first-order valence-corrected chi connectivity index (χ1v) is 9.58. The average Bonchev–Trinajstić information content (AvgIpc) is 3.08. The lowest BCUT2D eigenvalue weighted by molar-refractivity contribution is 0.162. The molecule has 27 heavy (non-hydrogen) atoms. The quantitative estimate of drug-likeness (QED) is 0.750. The van der Waals surface area contributed by atoms with Crippen LogP contribution in [0.4, 0.5) is 10.5 Å². The van der Waals surface area contributed by atoms with E-state index in [1.807, 2.05) is 53.0 Å². The summed E-state index contributed by atoms with van der Waals surface area (Å²) in [7, 11) is 1.96. The Bertz CT molecular complexity index is 915. The Morgan fingerprint density at radius 3 is 2.89 bits per heavy atom. The molecule has 6 heteroatoms. The molecule has 6 nitrogen and oxygen atoms in total. The van der Waals surface area contributed by atoms with Crippen LogP contribution in [0.2, 0.25) is 0 Å². The van der Waals surface area contributed by atoms with Crippen LogP contribution in [0.5, 0.6) is 0 Å². The van der Waals surface area contributed by atoms with Gasteiger partial charge in [-0.3, -0.25) is 4.98 Å². The highest BCUT2D eigenvalue weighted by atomic mass is 16.2. The van der Waals surface area contributed by atoms with E-state index in [0.29, 0.717) is 6.54 Å². The van der Waals surface area contributed by atoms with E-state index in [0.717, 1.165) is 35.1 Å². The number of aryl methyl sites for hydroxylation is 1. The Labute approximate surface area is 159 Å². The molecule has 1 aromatic carbocycles. The van der Waals surface area contributed by atoms with Gasteiger partial charge < -0.3 is 14.8 Å². The number of carbonyl (C=O) groups is 1. The van der Waals surface area contributed by atoms with Gasteiger partial charge in [-0.15, -0.1) is 0 Å². The molecule has 1 aliphatic rings. The summed E-state index contributed by atoms with van der Waals surface area (Å²) in [5, 5.41) is 3.08. The highest BCUT2D eigenvalue weighted by Gasteiger charge is 2.26. The first-order chi connectivity index (χ1) is 13.2. The zero-order valence-electron chi connectivity index (χ0n) is 15.6. The fourth-order valence-corrected chi connectivity index (χ4v) is 3.86. The van der Waals surface area contributed by atoms with Gasteiger partial charge in [0.2, 0.25) is 0 Å². The van der Waals surface area contributed by atoms with Crippen LogP contribution < -0.4 is 5.32 Å². The van der Waals surface area contributed by atoms with E-state index in [1.54, 1.807) is 12.5 Å². The Balaban J connectivity index is 1.54. The van der Waals surface area contributed by atoms with Crippen LogP contribution in [0.25, 0.3) is 11.0 Å². The minimum Gasteiger partial charge on any atom is -0.334 e. The highest BCUT2D eigenvalue weighted by molar-refractivity contribution is 5.92. The number of amides is 2. The molecule has 1 aliphatic carbocycles. The fraction of sp³-hybridized carbons (Fsp3) is 0.381. The molecule has 1 N–H and O–H groups in total. The van der Waals surface area contributed by atoms with Gasteiger partial charge >= 0.3 is 6.03 Å². The number of nitrogens with zero attached hydrogens (tertiary/aromatic N) is 4. The van der Waals surface area contributed by atoms with Crippen molar-refractivity contribution >= 4 is 22.8 Å². The number of rotatable bonds is 4. The average molecular weight is 363 g/mol. The lowest BCUT2D eigenvalue weighted by atomic mass is 9.94. The predicted octanol–water partition coefficient (Wildman–Crippen LogP) is 4.34. The molecule has 0 saturated heterocycles. The Kier molecular flexibility index (Phi) is 5.05. The number of aromatic nitrogens is 3. The number of urea groups is 1. The minimum atomic E-state index is -0.0546. The van der Waals surface area contributed by atoms with Crippen LogP contribution >= 0.6 is 0 Å². The summed E-state index contributed by atoms with van der Waals surface area (Å²) in [6.07, 6.45) is 11.1. The van der Waals surface area contributed by atoms with Crippen LogP contribution in [-0.2, 0) is 13.6 Å². The zero-order chi connectivity index (χ0) is 18.6. The second-order valence-electron chi connectivity index (χ2n) is 7.27. The minimum absolute atomic E-state index is 0.0546. The first kappa shape index (κ1) is 17.5. The lowest BCUT2D eigenvalue weighted by Gasteiger charge is -2.34. The van der Waals surface area contributed by atoms with Crippen LogP contribution in [0, 0.1) is 0 Å². The number of carbonyl (C=O) groups excluding carboxylic acids is 1. The molecule has 2 heterocycles. The molecule has 3 aromatic rings. The first-order valence-electron chi connectivity index (χ1n) is 9.58. The third-order valence-corrected chi connectivity index (χ3v) is 5.33. The number of benzene rings is 1. The van der Waals surface area contributed by atoms with Gasteiger partial charge in [-0.05, 0) is 42.7 Å². The predicted molar refractivity (Wildman–Crippen MR) is 106 cm³/mol. The summed E-state index contributed by atoms with van der Waals surface area (Å²) in [5.41, 5.74) is 3.76. The van der Waals surface area contributed by atoms with E-state index >= 15 is 0 Å². The number of anilines is 1. The van der Waals surface area contributed by atoms with Crippen molar-refractivity contribution in [3.8, 4) is 0 Å². The number of hydrogen-bond acceptors (Lipinski definition) is 3. The van der Waals surface area contributed by atoms with Gasteiger partial charge in [-0.25, -0.2) is 9.78 Å². The summed E-state index contributed by atoms with van der Waals surface area (Å²) >= 11 is 0. The molecule has 2 aromatic heterocycles. The Morgan fingerprint density at radius 1 is 1.26 bits per heavy atom. The molecular formula is C21H25N5O. The third kappa shape index (κ3) is 3.94. The summed E-state index contributed by atoms with van der Waals surface area (Å²) in [4.78, 5) is 23.7. The van der Waals surface area contributed by atoms with Crippen LogP contribution in [-0.4, -0.2) is 31.5 Å². The molecule has 1 fully saturated rings. The van der Waals surface area contributed by atoms with Crippen molar-refractivity contribution in [3.05, 3.63) is 54.6 Å². The fourth-order valence-electron chi connectivity index (χ4n) is 3.86. The number of fused-ring (bicyclic) bond motifs is 1. The van der Waals surface area contributed by atoms with E-state index in [2.05, 4.69) is 15.3 Å². The van der Waals surface area contributed by atoms with E-state index in [4.69, 9.17) is 0 Å². The molecule has 0 bridgehead atoms. The zero-order valence-corrected chi connectivity index (χ0v) is 15.6. The third-order valence-electron chi connectivity index (χ3n) is 5.33. The summed E-state index contributed by atoms with van der Waals surface area (Å²) in [6, 6.07) is 10.0. The molecule has 2 amide bonds. The number of nitrogens with one attached hydrogen (secondary N) is 1. The molecule has 0 spiro atoms. The van der Waals surface area contributed by atoms with Gasteiger partial charge in [0.15, 0.2) is 0 Å². The lowest BCUT2D eigenvalue weighted by Crippen LogP contribution is -2.43. The molecule has 4 rings (SSSR count). The van der Waals surface area contributed by atoms with Gasteiger partial charge in [0.25, 0.3) is 0 Å². The monoisotopic (exact) mass is 363 g/mol. The number of imidazole rings is 1. The molecule has 0 aliphatic heterocycles. The van der Waals surface area contributed by atoms with E-state index in [1.165, 1.54) is 19.3 Å². The van der Waals surface area contributed by atoms with Gasteiger partial charge in [0.05, 0.1) is 17.4 Å². The molecule has 140 valence electrons. The maximum absolute atomic E-state index is 13.1. The van der Waals surface area contributed by atoms with Crippen molar-refractivity contribution in [2.75, 3.05) is 5.32 Å². The topological polar surface area (TPSA) is 63.1 Å². The number of pyridine rings is 1. The van der Waals surface area contributed by atoms with Gasteiger partial charge in [0.1, 0.15) is 0 Å². The smallest absolute Gasteiger partial charge is 0.322 e. The maximum Gasteiger partial charge on any atom is 0.322 e. The maximum atomic E-state index is 13.1. The summed E-state index contributed by atoms with van der Waals surface area (Å²) in [5.74, 6) is 0. The van der Waals surface area contributed by atoms with Crippen molar-refractivity contribution in [1.29, 1.82) is 0 Å². The standard InChI is InChI=1S/C21H25N5O/c1-25-15-23-19-12-17(9-10-20(19)25)24-21(27)26(18-7-3-2-4-8-18)14-16-6-5-11-22-13-16/h5-6,9-13,15,18H,2-4,7-8,14H2,1H3,(H,24,27). The molecule has 1 saturated carbocycles. The Morgan fingerprint density at radius 2 is 2.11 bits per heavy atom. The van der Waals surface area contributed by atoms with Crippen LogP contribution in [0.1, 0.15) is 37.7 Å². The molecule has 0 unspecified atom stereocenters. The van der Waals surface area contributed by atoms with Crippen molar-refractivity contribution in [2.24, 2.45) is 7.05 Å². The second kappa shape index (κ2) is 7.78. The van der Waals surface area contributed by atoms with Crippen molar-refractivity contribution in [2.45, 2.75) is 44.7 Å². The van der Waals surface area contributed by atoms with E-state index in [9.17, 15) is 4.79 Å². The Hall–Kier alpha value is -2.89. The van der Waals surface area contributed by atoms with E-state index < -0.39 is 0 Å². The van der Waals surface area contributed by atoms with E-state index in [-0.39, 0.29) is 12.1 Å². The van der Waals surface area contributed by atoms with Crippen molar-refractivity contribution < 1.29 is 4.79 Å². The van der Waals surface area contributed by atoms with Gasteiger partial charge in [0, 0.05) is 37.7 Å². The van der Waals surface area contributed by atoms with Crippen LogP contribution in [0.15, 0.2) is 49.1 Å². The van der Waals surface area contributed by atoms with Crippen molar-refractivity contribution in [1.82, 2.24) is 19.4 Å². The second-order valence-corrected chi connectivity index (χ2v) is 7.27. The van der Waals surface area contributed by atoms with Gasteiger partial charge in [-0.1, -0.05) is 25.3 Å². The van der Waals surface area contributed by atoms with Gasteiger partial charge in [-0.2, -0.15) is 0 Å². The SMILES string of the molecule is Cn1cnc2cc(NC(=O)N(Cc3cccnc3)C3CCCCC3)ccc21. The molecule has 0 radical (unpaired) electrons. The largest absolute Gasteiger partial charge is 0.334 e. The normalized spacial score (nSPS) is 15.0.